The van der Waals surface area contributed by atoms with Crippen molar-refractivity contribution >= 4 is 11.7 Å². The van der Waals surface area contributed by atoms with Gasteiger partial charge in [0.1, 0.15) is 5.60 Å². The second-order valence-electron chi connectivity index (χ2n) is 5.77. The molecule has 0 saturated carbocycles. The van der Waals surface area contributed by atoms with E-state index in [-0.39, 0.29) is 12.6 Å². The molecular formula is C18H22N2O2. The number of carbonyl (C=O) groups is 1. The number of hydrogen-bond donors (Lipinski definition) is 3. The normalized spacial score (nSPS) is 13.3. The number of urea groups is 1. The van der Waals surface area contributed by atoms with Crippen LogP contribution in [0.25, 0.3) is 0 Å². The third-order valence-electron chi connectivity index (χ3n) is 3.62. The number of carbonyl (C=O) groups excluding carboxylic acids is 1. The molecule has 1 atom stereocenters. The first-order valence-corrected chi connectivity index (χ1v) is 7.28. The van der Waals surface area contributed by atoms with Gasteiger partial charge in [0.05, 0.1) is 6.54 Å². The number of anilines is 1. The molecule has 0 saturated heterocycles. The summed E-state index contributed by atoms with van der Waals surface area (Å²) in [4.78, 5) is 12.0. The third-order valence-corrected chi connectivity index (χ3v) is 3.62. The average Bonchev–Trinajstić information content (AvgIpc) is 2.49. The van der Waals surface area contributed by atoms with Crippen molar-refractivity contribution < 1.29 is 9.90 Å². The summed E-state index contributed by atoms with van der Waals surface area (Å²) < 4.78 is 0. The van der Waals surface area contributed by atoms with E-state index < -0.39 is 5.60 Å². The third kappa shape index (κ3) is 4.09. The Bertz CT molecular complexity index is 651. The van der Waals surface area contributed by atoms with Gasteiger partial charge in [0, 0.05) is 5.69 Å². The molecular weight excluding hydrogens is 276 g/mol. The lowest BCUT2D eigenvalue weighted by atomic mass is 9.96. The van der Waals surface area contributed by atoms with Crippen LogP contribution >= 0.6 is 0 Å². The van der Waals surface area contributed by atoms with E-state index in [1.807, 2.05) is 62.4 Å². The Balaban J connectivity index is 1.95. The lowest BCUT2D eigenvalue weighted by Gasteiger charge is -2.24. The molecule has 116 valence electrons. The molecule has 0 aliphatic carbocycles. The highest BCUT2D eigenvalue weighted by atomic mass is 16.3. The van der Waals surface area contributed by atoms with Crippen LogP contribution in [0.15, 0.2) is 48.5 Å². The Labute approximate surface area is 131 Å². The van der Waals surface area contributed by atoms with Gasteiger partial charge in [-0.3, -0.25) is 0 Å². The van der Waals surface area contributed by atoms with Crippen LogP contribution < -0.4 is 10.6 Å². The van der Waals surface area contributed by atoms with Crippen LogP contribution in [0.3, 0.4) is 0 Å². The van der Waals surface area contributed by atoms with Gasteiger partial charge in [-0.1, -0.05) is 48.0 Å². The highest BCUT2D eigenvalue weighted by molar-refractivity contribution is 5.90. The van der Waals surface area contributed by atoms with Crippen LogP contribution in [-0.4, -0.2) is 17.7 Å². The monoisotopic (exact) mass is 298 g/mol. The molecule has 1 unspecified atom stereocenters. The van der Waals surface area contributed by atoms with Gasteiger partial charge >= 0.3 is 6.03 Å². The summed E-state index contributed by atoms with van der Waals surface area (Å²) in [7, 11) is 0. The number of benzene rings is 2. The number of aryl methyl sites for hydroxylation is 2. The van der Waals surface area contributed by atoms with Crippen LogP contribution in [0.4, 0.5) is 10.5 Å². The molecule has 0 radical (unpaired) electrons. The Hall–Kier alpha value is -2.33. The van der Waals surface area contributed by atoms with Crippen molar-refractivity contribution in [1.82, 2.24) is 5.32 Å². The number of hydrogen-bond acceptors (Lipinski definition) is 2. The first-order valence-electron chi connectivity index (χ1n) is 7.28. The van der Waals surface area contributed by atoms with Crippen LogP contribution in [0.2, 0.25) is 0 Å². The first kappa shape index (κ1) is 16.0. The summed E-state index contributed by atoms with van der Waals surface area (Å²) in [6.45, 7) is 5.77. The van der Waals surface area contributed by atoms with Crippen molar-refractivity contribution in [3.05, 3.63) is 65.2 Å². The summed E-state index contributed by atoms with van der Waals surface area (Å²) in [6.07, 6.45) is 0. The number of amides is 2. The zero-order valence-electron chi connectivity index (χ0n) is 13.2. The molecule has 4 nitrogen and oxygen atoms in total. The molecule has 4 heteroatoms. The molecule has 2 amide bonds. The smallest absolute Gasteiger partial charge is 0.319 e. The van der Waals surface area contributed by atoms with Crippen molar-refractivity contribution in [3.8, 4) is 0 Å². The molecule has 0 aliphatic rings. The minimum Gasteiger partial charge on any atom is -0.384 e. The van der Waals surface area contributed by atoms with Crippen LogP contribution in [0.5, 0.6) is 0 Å². The van der Waals surface area contributed by atoms with Crippen molar-refractivity contribution in [2.45, 2.75) is 26.4 Å². The summed E-state index contributed by atoms with van der Waals surface area (Å²) >= 11 is 0. The first-order chi connectivity index (χ1) is 10.4. The second kappa shape index (κ2) is 6.62. The molecule has 0 spiro atoms. The minimum absolute atomic E-state index is 0.133. The number of aliphatic hydroxyl groups is 1. The predicted octanol–water partition coefficient (Wildman–Crippen LogP) is 3.33. The fraction of sp³-hybridized carbons (Fsp3) is 0.278. The molecule has 2 aromatic carbocycles. The van der Waals surface area contributed by atoms with Crippen LogP contribution in [0.1, 0.15) is 23.6 Å². The second-order valence-corrected chi connectivity index (χ2v) is 5.77. The van der Waals surface area contributed by atoms with Crippen molar-refractivity contribution in [2.75, 3.05) is 11.9 Å². The minimum atomic E-state index is -1.11. The van der Waals surface area contributed by atoms with Crippen LogP contribution in [0, 0.1) is 13.8 Å². The summed E-state index contributed by atoms with van der Waals surface area (Å²) in [5.41, 5.74) is 2.57. The Kier molecular flexibility index (Phi) is 4.83. The van der Waals surface area contributed by atoms with E-state index in [0.717, 1.165) is 22.4 Å². The molecule has 2 aromatic rings. The highest BCUT2D eigenvalue weighted by Gasteiger charge is 2.23. The number of rotatable bonds is 4. The Morgan fingerprint density at radius 2 is 1.82 bits per heavy atom. The van der Waals surface area contributed by atoms with E-state index in [0.29, 0.717) is 0 Å². The fourth-order valence-electron chi connectivity index (χ4n) is 2.27. The Morgan fingerprint density at radius 1 is 1.14 bits per heavy atom. The highest BCUT2D eigenvalue weighted by Crippen LogP contribution is 2.19. The molecule has 0 heterocycles. The van der Waals surface area contributed by atoms with E-state index in [1.165, 1.54) is 0 Å². The van der Waals surface area contributed by atoms with E-state index in [2.05, 4.69) is 10.6 Å². The zero-order valence-corrected chi connectivity index (χ0v) is 13.2. The summed E-state index contributed by atoms with van der Waals surface area (Å²) in [6, 6.07) is 14.8. The standard InChI is InChI=1S/C18H22N2O2/c1-13-9-10-16(14(2)11-13)20-17(21)19-12-18(3,22)15-7-5-4-6-8-15/h4-11,22H,12H2,1-3H3,(H2,19,20,21). The molecule has 2 rings (SSSR count). The molecule has 0 aromatic heterocycles. The van der Waals surface area contributed by atoms with Crippen LogP contribution in [-0.2, 0) is 5.60 Å². The maximum atomic E-state index is 12.0. The largest absolute Gasteiger partial charge is 0.384 e. The van der Waals surface area contributed by atoms with Gasteiger partial charge in [0.15, 0.2) is 0 Å². The molecule has 0 fully saturated rings. The summed E-state index contributed by atoms with van der Waals surface area (Å²) in [5, 5.41) is 16.0. The number of nitrogens with one attached hydrogen (secondary N) is 2. The Morgan fingerprint density at radius 3 is 2.45 bits per heavy atom. The van der Waals surface area contributed by atoms with Gasteiger partial charge in [-0.05, 0) is 38.0 Å². The summed E-state index contributed by atoms with van der Waals surface area (Å²) in [5.74, 6) is 0. The van der Waals surface area contributed by atoms with Crippen molar-refractivity contribution in [1.29, 1.82) is 0 Å². The molecule has 0 aliphatic heterocycles. The van der Waals surface area contributed by atoms with Gasteiger partial charge in [-0.25, -0.2) is 4.79 Å². The SMILES string of the molecule is Cc1ccc(NC(=O)NCC(C)(O)c2ccccc2)c(C)c1. The van der Waals surface area contributed by atoms with Gasteiger partial charge in [-0.2, -0.15) is 0 Å². The average molecular weight is 298 g/mol. The van der Waals surface area contributed by atoms with Crippen molar-refractivity contribution in [3.63, 3.8) is 0 Å². The quantitative estimate of drug-likeness (QED) is 0.810. The van der Waals surface area contributed by atoms with Crippen molar-refractivity contribution in [2.24, 2.45) is 0 Å². The van der Waals surface area contributed by atoms with Gasteiger partial charge in [-0.15, -0.1) is 0 Å². The topological polar surface area (TPSA) is 61.4 Å². The zero-order chi connectivity index (χ0) is 16.2. The van der Waals surface area contributed by atoms with E-state index in [4.69, 9.17) is 0 Å². The molecule has 0 bridgehead atoms. The maximum Gasteiger partial charge on any atom is 0.319 e. The van der Waals surface area contributed by atoms with E-state index in [9.17, 15) is 9.90 Å². The fourth-order valence-corrected chi connectivity index (χ4v) is 2.27. The lowest BCUT2D eigenvalue weighted by molar-refractivity contribution is 0.0599. The lowest BCUT2D eigenvalue weighted by Crippen LogP contribution is -2.40. The van der Waals surface area contributed by atoms with E-state index >= 15 is 0 Å². The van der Waals surface area contributed by atoms with E-state index in [1.54, 1.807) is 6.92 Å². The van der Waals surface area contributed by atoms with Gasteiger partial charge in [0.2, 0.25) is 0 Å². The van der Waals surface area contributed by atoms with Gasteiger partial charge < -0.3 is 15.7 Å². The predicted molar refractivity (Wildman–Crippen MR) is 89.0 cm³/mol. The molecule has 22 heavy (non-hydrogen) atoms. The van der Waals surface area contributed by atoms with Gasteiger partial charge in [0.25, 0.3) is 0 Å². The maximum absolute atomic E-state index is 12.0. The molecule has 3 N–H and O–H groups in total.